The molecule has 1 saturated carbocycles. The molecule has 0 aromatic heterocycles. The number of hydrogen-bond acceptors (Lipinski definition) is 7. The molecule has 38 heavy (non-hydrogen) atoms. The molecule has 2 aliphatic rings. The molecule has 0 aliphatic heterocycles. The van der Waals surface area contributed by atoms with Crippen LogP contribution in [0.2, 0.25) is 0 Å². The van der Waals surface area contributed by atoms with Gasteiger partial charge in [0.1, 0.15) is 12.2 Å². The zero-order valence-electron chi connectivity index (χ0n) is 22.3. The van der Waals surface area contributed by atoms with E-state index in [1.165, 1.54) is 7.11 Å². The van der Waals surface area contributed by atoms with Crippen molar-refractivity contribution in [1.82, 2.24) is 10.2 Å². The van der Waals surface area contributed by atoms with Crippen LogP contribution >= 0.6 is 22.6 Å². The van der Waals surface area contributed by atoms with Crippen LogP contribution in [0.5, 0.6) is 11.5 Å². The van der Waals surface area contributed by atoms with Crippen molar-refractivity contribution in [2.45, 2.75) is 95.6 Å². The molecule has 0 bridgehead atoms. The van der Waals surface area contributed by atoms with E-state index in [0.29, 0.717) is 39.0 Å². The molecule has 9 nitrogen and oxygen atoms in total. The molecule has 3 atom stereocenters. The molecule has 0 heterocycles. The van der Waals surface area contributed by atoms with Crippen molar-refractivity contribution in [3.05, 3.63) is 32.9 Å². The largest absolute Gasteiger partial charge is 0.493 e. The SMILES string of the molecule is CCCC(=O)N(C1CCCCCC1)C1CC(C(=O)NCCO)=CC(Oc2c(I)cc(CO)cc2OC)C1O. The van der Waals surface area contributed by atoms with Crippen LogP contribution in [-0.2, 0) is 16.2 Å². The maximum atomic E-state index is 13.5. The van der Waals surface area contributed by atoms with Crippen molar-refractivity contribution in [2.24, 2.45) is 0 Å². The van der Waals surface area contributed by atoms with Gasteiger partial charge in [-0.1, -0.05) is 32.6 Å². The van der Waals surface area contributed by atoms with Crippen LogP contribution in [0.25, 0.3) is 0 Å². The molecule has 0 saturated heterocycles. The quantitative estimate of drug-likeness (QED) is 0.216. The summed E-state index contributed by atoms with van der Waals surface area (Å²) in [5.74, 6) is 0.421. The van der Waals surface area contributed by atoms with Crippen molar-refractivity contribution in [3.8, 4) is 11.5 Å². The van der Waals surface area contributed by atoms with Gasteiger partial charge in [0.05, 0.1) is 29.9 Å². The minimum atomic E-state index is -1.08. The normalized spacial score (nSPS) is 22.3. The molecule has 4 N–H and O–H groups in total. The topological polar surface area (TPSA) is 129 Å². The second-order valence-corrected chi connectivity index (χ2v) is 11.1. The van der Waals surface area contributed by atoms with E-state index in [1.807, 2.05) is 11.8 Å². The summed E-state index contributed by atoms with van der Waals surface area (Å²) in [6.45, 7) is 1.71. The third-order valence-corrected chi connectivity index (χ3v) is 8.07. The summed E-state index contributed by atoms with van der Waals surface area (Å²) in [6, 6.07) is 2.80. The average molecular weight is 645 g/mol. The fourth-order valence-electron chi connectivity index (χ4n) is 5.40. The number of carbonyl (C=O) groups excluding carboxylic acids is 2. The molecule has 3 unspecified atom stereocenters. The van der Waals surface area contributed by atoms with Gasteiger partial charge in [-0.05, 0) is 65.6 Å². The standard InChI is InChI=1S/C28H41IN2O7/c1-3-8-25(34)31(20-9-6-4-5-7-10-20)22-15-19(28(36)30-11-12-32)16-23(26(22)35)38-27-21(29)13-18(17-33)14-24(27)37-2/h13-14,16,20,22-23,26,32-33,35H,3-12,15,17H2,1-2H3,(H,30,36). The molecule has 2 amide bonds. The van der Waals surface area contributed by atoms with E-state index in [0.717, 1.165) is 38.5 Å². The average Bonchev–Trinajstić information content (AvgIpc) is 3.19. The van der Waals surface area contributed by atoms with E-state index in [1.54, 1.807) is 18.2 Å². The van der Waals surface area contributed by atoms with Crippen LogP contribution in [0.3, 0.4) is 0 Å². The second kappa shape index (κ2) is 15.0. The molecular weight excluding hydrogens is 603 g/mol. The number of nitrogens with zero attached hydrogens (tertiary/aromatic N) is 1. The molecular formula is C28H41IN2O7. The van der Waals surface area contributed by atoms with Gasteiger partial charge < -0.3 is 35.0 Å². The lowest BCUT2D eigenvalue weighted by Gasteiger charge is -2.44. The Balaban J connectivity index is 2.02. The number of rotatable bonds is 11. The fourth-order valence-corrected chi connectivity index (χ4v) is 6.19. The van der Waals surface area contributed by atoms with E-state index in [9.17, 15) is 24.9 Å². The molecule has 1 aromatic carbocycles. The van der Waals surface area contributed by atoms with Gasteiger partial charge in [0.25, 0.3) is 0 Å². The molecule has 212 valence electrons. The lowest BCUT2D eigenvalue weighted by Crippen LogP contribution is -2.58. The van der Waals surface area contributed by atoms with Crippen LogP contribution in [0.15, 0.2) is 23.8 Å². The number of carbonyl (C=O) groups is 2. The highest BCUT2D eigenvalue weighted by atomic mass is 127. The Bertz CT molecular complexity index is 978. The third kappa shape index (κ3) is 7.61. The Morgan fingerprint density at radius 1 is 1.16 bits per heavy atom. The molecule has 10 heteroatoms. The maximum Gasteiger partial charge on any atom is 0.247 e. The number of aliphatic hydroxyl groups is 3. The zero-order chi connectivity index (χ0) is 27.7. The zero-order valence-corrected chi connectivity index (χ0v) is 24.5. The molecule has 2 aliphatic carbocycles. The van der Waals surface area contributed by atoms with Crippen LogP contribution < -0.4 is 14.8 Å². The summed E-state index contributed by atoms with van der Waals surface area (Å²) in [5.41, 5.74) is 1.06. The fraction of sp³-hybridized carbons (Fsp3) is 0.643. The monoisotopic (exact) mass is 644 g/mol. The summed E-state index contributed by atoms with van der Waals surface area (Å²) in [5, 5.41) is 33.2. The highest BCUT2D eigenvalue weighted by Crippen LogP contribution is 2.38. The van der Waals surface area contributed by atoms with E-state index in [2.05, 4.69) is 27.9 Å². The van der Waals surface area contributed by atoms with Crippen molar-refractivity contribution >= 4 is 34.4 Å². The van der Waals surface area contributed by atoms with Crippen LogP contribution in [0, 0.1) is 3.57 Å². The van der Waals surface area contributed by atoms with Gasteiger partial charge in [0.15, 0.2) is 11.5 Å². The molecule has 1 aromatic rings. The van der Waals surface area contributed by atoms with Gasteiger partial charge in [0.2, 0.25) is 11.8 Å². The highest BCUT2D eigenvalue weighted by Gasteiger charge is 2.43. The van der Waals surface area contributed by atoms with Gasteiger partial charge in [-0.2, -0.15) is 0 Å². The van der Waals surface area contributed by atoms with Crippen molar-refractivity contribution < 1.29 is 34.4 Å². The first-order chi connectivity index (χ1) is 18.3. The number of hydrogen-bond donors (Lipinski definition) is 4. The summed E-state index contributed by atoms with van der Waals surface area (Å²) >= 11 is 2.09. The lowest BCUT2D eigenvalue weighted by atomic mass is 9.86. The van der Waals surface area contributed by atoms with Crippen molar-refractivity contribution in [1.29, 1.82) is 0 Å². The highest BCUT2D eigenvalue weighted by molar-refractivity contribution is 14.1. The third-order valence-electron chi connectivity index (χ3n) is 7.27. The summed E-state index contributed by atoms with van der Waals surface area (Å²) in [4.78, 5) is 28.4. The number of methoxy groups -OCH3 is 1. The second-order valence-electron chi connectivity index (χ2n) is 9.98. The Hall–Kier alpha value is -1.89. The van der Waals surface area contributed by atoms with Crippen LogP contribution in [0.4, 0.5) is 0 Å². The van der Waals surface area contributed by atoms with Gasteiger partial charge >= 0.3 is 0 Å². The number of nitrogens with one attached hydrogen (secondary N) is 1. The number of ether oxygens (including phenoxy) is 2. The minimum absolute atomic E-state index is 0.00443. The first-order valence-corrected chi connectivity index (χ1v) is 14.6. The van der Waals surface area contributed by atoms with Gasteiger partial charge in [-0.25, -0.2) is 0 Å². The summed E-state index contributed by atoms with van der Waals surface area (Å²) in [6.07, 6.45) is 6.91. The van der Waals surface area contributed by atoms with E-state index < -0.39 is 18.2 Å². The molecule has 3 rings (SSSR count). The van der Waals surface area contributed by atoms with E-state index in [4.69, 9.17) is 9.47 Å². The Kier molecular flexibility index (Phi) is 12.1. The Morgan fingerprint density at radius 3 is 2.47 bits per heavy atom. The summed E-state index contributed by atoms with van der Waals surface area (Å²) in [7, 11) is 1.50. The minimum Gasteiger partial charge on any atom is -0.493 e. The van der Waals surface area contributed by atoms with E-state index >= 15 is 0 Å². The predicted octanol–water partition coefficient (Wildman–Crippen LogP) is 3.06. The van der Waals surface area contributed by atoms with Gasteiger partial charge in [-0.3, -0.25) is 9.59 Å². The van der Waals surface area contributed by atoms with Crippen LogP contribution in [0.1, 0.15) is 70.3 Å². The van der Waals surface area contributed by atoms with Gasteiger partial charge in [-0.15, -0.1) is 0 Å². The number of halogens is 1. The number of benzene rings is 1. The predicted molar refractivity (Wildman–Crippen MR) is 152 cm³/mol. The van der Waals surface area contributed by atoms with Gasteiger partial charge in [0, 0.05) is 31.0 Å². The molecule has 0 spiro atoms. The van der Waals surface area contributed by atoms with Crippen molar-refractivity contribution in [3.63, 3.8) is 0 Å². The Labute approximate surface area is 238 Å². The Morgan fingerprint density at radius 2 is 1.87 bits per heavy atom. The first kappa shape index (κ1) is 30.6. The number of amides is 2. The van der Waals surface area contributed by atoms with Crippen molar-refractivity contribution in [2.75, 3.05) is 20.3 Å². The smallest absolute Gasteiger partial charge is 0.247 e. The summed E-state index contributed by atoms with van der Waals surface area (Å²) < 4.78 is 12.5. The molecule has 0 radical (unpaired) electrons. The van der Waals surface area contributed by atoms with Crippen LogP contribution in [-0.4, -0.2) is 76.6 Å². The first-order valence-electron chi connectivity index (χ1n) is 13.6. The molecule has 1 fully saturated rings. The maximum absolute atomic E-state index is 13.5. The van der Waals surface area contributed by atoms with E-state index in [-0.39, 0.29) is 44.0 Å². The number of aliphatic hydroxyl groups excluding tert-OH is 3. The lowest BCUT2D eigenvalue weighted by molar-refractivity contribution is -0.142.